The molecule has 0 aliphatic rings. The van der Waals surface area contributed by atoms with Gasteiger partial charge in [0.15, 0.2) is 0 Å². The zero-order valence-corrected chi connectivity index (χ0v) is 12.8. The maximum atomic E-state index is 12.1. The lowest BCUT2D eigenvalue weighted by atomic mass is 9.91. The van der Waals surface area contributed by atoms with Gasteiger partial charge in [0.05, 0.1) is 0 Å². The van der Waals surface area contributed by atoms with E-state index in [1.165, 1.54) is 0 Å². The van der Waals surface area contributed by atoms with E-state index in [1.807, 2.05) is 38.1 Å². The Hall–Kier alpha value is -1.41. The number of rotatable bonds is 3. The van der Waals surface area contributed by atoms with Crippen molar-refractivity contribution in [3.05, 3.63) is 70.8 Å². The molecule has 0 fully saturated rings. The zero-order valence-electron chi connectivity index (χ0n) is 11.9. The fraction of sp³-hybridized carbons (Fsp3) is 0.250. The highest BCUT2D eigenvalue weighted by Gasteiger charge is 2.45. The molecule has 0 amide bonds. The van der Waals surface area contributed by atoms with Gasteiger partial charge in [0.1, 0.15) is 5.16 Å². The van der Waals surface area contributed by atoms with Crippen LogP contribution in [-0.2, 0) is 9.72 Å². The van der Waals surface area contributed by atoms with Crippen LogP contribution in [0.5, 0.6) is 0 Å². The summed E-state index contributed by atoms with van der Waals surface area (Å²) in [5, 5.41) is -1.33. The first kappa shape index (κ1) is 15.0. The normalized spacial score (nSPS) is 12.4. The topological polar surface area (TPSA) is 57.5 Å². The predicted molar refractivity (Wildman–Crippen MR) is 80.9 cm³/mol. The molecule has 0 spiro atoms. The SMILES string of the molecule is Cc1ccc(C(C)(c2ccc(C)cc2)P(=O)(O)O)cc1. The molecule has 4 heteroatoms. The Labute approximate surface area is 119 Å². The molecule has 0 atom stereocenters. The zero-order chi connectivity index (χ0) is 15.0. The molecule has 20 heavy (non-hydrogen) atoms. The number of aryl methyl sites for hydroxylation is 2. The van der Waals surface area contributed by atoms with Crippen LogP contribution in [0.4, 0.5) is 0 Å². The van der Waals surface area contributed by atoms with E-state index < -0.39 is 12.8 Å². The van der Waals surface area contributed by atoms with Crippen molar-refractivity contribution in [3.8, 4) is 0 Å². The van der Waals surface area contributed by atoms with E-state index in [9.17, 15) is 14.4 Å². The average Bonchev–Trinajstić information content (AvgIpc) is 2.38. The van der Waals surface area contributed by atoms with Crippen LogP contribution in [0.2, 0.25) is 0 Å². The average molecular weight is 290 g/mol. The number of hydrogen-bond acceptors (Lipinski definition) is 1. The smallest absolute Gasteiger partial charge is 0.324 e. The van der Waals surface area contributed by atoms with E-state index in [4.69, 9.17) is 0 Å². The lowest BCUT2D eigenvalue weighted by Crippen LogP contribution is -2.23. The molecule has 0 aromatic heterocycles. The van der Waals surface area contributed by atoms with Gasteiger partial charge in [-0.2, -0.15) is 0 Å². The highest BCUT2D eigenvalue weighted by Crippen LogP contribution is 2.60. The Bertz CT molecular complexity index is 593. The largest absolute Gasteiger partial charge is 0.340 e. The fourth-order valence-electron chi connectivity index (χ4n) is 2.26. The third-order valence-electron chi connectivity index (χ3n) is 3.81. The Morgan fingerprint density at radius 1 is 0.800 bits per heavy atom. The van der Waals surface area contributed by atoms with E-state index in [0.717, 1.165) is 11.1 Å². The fourth-order valence-corrected chi connectivity index (χ4v) is 3.23. The maximum Gasteiger partial charge on any atom is 0.340 e. The Balaban J connectivity index is 2.66. The van der Waals surface area contributed by atoms with E-state index in [1.54, 1.807) is 31.2 Å². The van der Waals surface area contributed by atoms with Crippen molar-refractivity contribution in [1.82, 2.24) is 0 Å². The summed E-state index contributed by atoms with van der Waals surface area (Å²) in [5.41, 5.74) is 3.37. The van der Waals surface area contributed by atoms with Crippen LogP contribution in [0.1, 0.15) is 29.2 Å². The van der Waals surface area contributed by atoms with E-state index in [-0.39, 0.29) is 0 Å². The van der Waals surface area contributed by atoms with Gasteiger partial charge < -0.3 is 9.79 Å². The summed E-state index contributed by atoms with van der Waals surface area (Å²) in [6, 6.07) is 14.6. The molecule has 2 aromatic carbocycles. The molecule has 0 aliphatic carbocycles. The summed E-state index contributed by atoms with van der Waals surface area (Å²) in [6.07, 6.45) is 0. The minimum absolute atomic E-state index is 0.625. The van der Waals surface area contributed by atoms with Crippen molar-refractivity contribution in [2.45, 2.75) is 25.9 Å². The quantitative estimate of drug-likeness (QED) is 0.846. The Morgan fingerprint density at radius 2 is 1.10 bits per heavy atom. The molecule has 0 saturated heterocycles. The number of benzene rings is 2. The van der Waals surface area contributed by atoms with Crippen molar-refractivity contribution in [1.29, 1.82) is 0 Å². The third-order valence-corrected chi connectivity index (χ3v) is 5.49. The predicted octanol–water partition coefficient (Wildman–Crippen LogP) is 3.74. The molecule has 0 unspecified atom stereocenters. The molecule has 2 rings (SSSR count). The molecule has 0 heterocycles. The summed E-state index contributed by atoms with van der Waals surface area (Å²) in [4.78, 5) is 19.8. The minimum Gasteiger partial charge on any atom is -0.324 e. The lowest BCUT2D eigenvalue weighted by Gasteiger charge is -2.31. The minimum atomic E-state index is -4.36. The van der Waals surface area contributed by atoms with Crippen LogP contribution in [0.3, 0.4) is 0 Å². The molecular formula is C16H19O3P. The van der Waals surface area contributed by atoms with Crippen molar-refractivity contribution < 1.29 is 14.4 Å². The summed E-state index contributed by atoms with van der Waals surface area (Å²) in [5.74, 6) is 0. The first-order valence-electron chi connectivity index (χ1n) is 6.45. The van der Waals surface area contributed by atoms with Gasteiger partial charge in [0.25, 0.3) is 0 Å². The van der Waals surface area contributed by atoms with Crippen LogP contribution in [0.15, 0.2) is 48.5 Å². The Morgan fingerprint density at radius 3 is 1.35 bits per heavy atom. The molecule has 2 N–H and O–H groups in total. The van der Waals surface area contributed by atoms with Gasteiger partial charge in [-0.15, -0.1) is 0 Å². The second-order valence-corrected chi connectivity index (χ2v) is 7.33. The van der Waals surface area contributed by atoms with Crippen LogP contribution in [0.25, 0.3) is 0 Å². The highest BCUT2D eigenvalue weighted by atomic mass is 31.2. The molecule has 0 radical (unpaired) electrons. The van der Waals surface area contributed by atoms with Gasteiger partial charge in [-0.1, -0.05) is 59.7 Å². The van der Waals surface area contributed by atoms with Crippen LogP contribution in [-0.4, -0.2) is 9.79 Å². The summed E-state index contributed by atoms with van der Waals surface area (Å²) < 4.78 is 12.1. The maximum absolute atomic E-state index is 12.1. The highest BCUT2D eigenvalue weighted by molar-refractivity contribution is 7.53. The van der Waals surface area contributed by atoms with Gasteiger partial charge in [0.2, 0.25) is 0 Å². The molecule has 2 aromatic rings. The van der Waals surface area contributed by atoms with Gasteiger partial charge in [-0.3, -0.25) is 4.57 Å². The summed E-state index contributed by atoms with van der Waals surface area (Å²) >= 11 is 0. The van der Waals surface area contributed by atoms with Gasteiger partial charge in [-0.25, -0.2) is 0 Å². The first-order chi connectivity index (χ1) is 9.25. The molecular weight excluding hydrogens is 271 g/mol. The van der Waals surface area contributed by atoms with Crippen LogP contribution < -0.4 is 0 Å². The lowest BCUT2D eigenvalue weighted by molar-refractivity contribution is 0.344. The van der Waals surface area contributed by atoms with Crippen molar-refractivity contribution in [2.24, 2.45) is 0 Å². The van der Waals surface area contributed by atoms with Crippen LogP contribution >= 0.6 is 7.60 Å². The molecule has 0 bridgehead atoms. The molecule has 106 valence electrons. The molecule has 0 aliphatic heterocycles. The van der Waals surface area contributed by atoms with Crippen molar-refractivity contribution in [2.75, 3.05) is 0 Å². The second kappa shape index (κ2) is 5.17. The number of hydrogen-bond donors (Lipinski definition) is 2. The van der Waals surface area contributed by atoms with Crippen molar-refractivity contribution in [3.63, 3.8) is 0 Å². The Kier molecular flexibility index (Phi) is 3.88. The van der Waals surface area contributed by atoms with E-state index >= 15 is 0 Å². The van der Waals surface area contributed by atoms with Gasteiger partial charge in [0, 0.05) is 0 Å². The molecule has 0 saturated carbocycles. The van der Waals surface area contributed by atoms with Gasteiger partial charge >= 0.3 is 7.60 Å². The summed E-state index contributed by atoms with van der Waals surface area (Å²) in [7, 11) is -4.36. The van der Waals surface area contributed by atoms with E-state index in [2.05, 4.69) is 0 Å². The third kappa shape index (κ3) is 2.57. The van der Waals surface area contributed by atoms with Crippen LogP contribution in [0, 0.1) is 13.8 Å². The van der Waals surface area contributed by atoms with E-state index in [0.29, 0.717) is 11.1 Å². The molecule has 3 nitrogen and oxygen atoms in total. The first-order valence-corrected chi connectivity index (χ1v) is 8.06. The monoisotopic (exact) mass is 290 g/mol. The summed E-state index contributed by atoms with van der Waals surface area (Å²) in [6.45, 7) is 5.50. The second-order valence-electron chi connectivity index (χ2n) is 5.35. The van der Waals surface area contributed by atoms with Crippen molar-refractivity contribution >= 4 is 7.60 Å². The van der Waals surface area contributed by atoms with Gasteiger partial charge in [-0.05, 0) is 31.9 Å². The standard InChI is InChI=1S/C16H19O3P/c1-12-4-8-14(9-5-12)16(3,20(17,18)19)15-10-6-13(2)7-11-15/h4-11H,1-3H3,(H2,17,18,19).